The van der Waals surface area contributed by atoms with E-state index < -0.39 is 0 Å². The molecule has 1 heterocycles. The molecule has 0 saturated heterocycles. The molecule has 3 nitrogen and oxygen atoms in total. The summed E-state index contributed by atoms with van der Waals surface area (Å²) in [5, 5.41) is 0. The lowest BCUT2D eigenvalue weighted by molar-refractivity contribution is 0.869. The summed E-state index contributed by atoms with van der Waals surface area (Å²) in [7, 11) is 0. The summed E-state index contributed by atoms with van der Waals surface area (Å²) in [6.07, 6.45) is 0. The summed E-state index contributed by atoms with van der Waals surface area (Å²) in [6, 6.07) is 4.03. The fourth-order valence-corrected chi connectivity index (χ4v) is 2.51. The topological polar surface area (TPSA) is 42.1 Å². The first-order chi connectivity index (χ1) is 7.27. The zero-order chi connectivity index (χ0) is 10.8. The van der Waals surface area contributed by atoms with Crippen molar-refractivity contribution < 1.29 is 0 Å². The average molecular weight is 221 g/mol. The number of nitrogen functional groups attached to an aromatic ring is 1. The molecule has 0 aliphatic carbocycles. The molecule has 80 valence electrons. The predicted octanol–water partition coefficient (Wildman–Crippen LogP) is 2.72. The van der Waals surface area contributed by atoms with Crippen molar-refractivity contribution in [2.24, 2.45) is 0 Å². The van der Waals surface area contributed by atoms with Gasteiger partial charge in [-0.2, -0.15) is 0 Å². The normalized spacial score (nSPS) is 10.8. The Bertz CT molecular complexity index is 460. The lowest BCUT2D eigenvalue weighted by atomic mass is 10.2. The summed E-state index contributed by atoms with van der Waals surface area (Å²) in [6.45, 7) is 6.29. The highest BCUT2D eigenvalue weighted by Crippen LogP contribution is 2.32. The number of fused-ring (bicyclic) bond motifs is 1. The number of benzene rings is 1. The van der Waals surface area contributed by atoms with Crippen LogP contribution >= 0.6 is 11.3 Å². The first-order valence-electron chi connectivity index (χ1n) is 5.14. The highest BCUT2D eigenvalue weighted by atomic mass is 32.1. The van der Waals surface area contributed by atoms with Crippen LogP contribution in [0.15, 0.2) is 17.6 Å². The monoisotopic (exact) mass is 221 g/mol. The molecular formula is C11H15N3S. The lowest BCUT2D eigenvalue weighted by Gasteiger charge is -2.21. The van der Waals surface area contributed by atoms with Crippen molar-refractivity contribution in [3.05, 3.63) is 17.6 Å². The molecule has 2 rings (SSSR count). The minimum atomic E-state index is 0.823. The van der Waals surface area contributed by atoms with Crippen LogP contribution in [-0.4, -0.2) is 18.1 Å². The third-order valence-electron chi connectivity index (χ3n) is 2.60. The third kappa shape index (κ3) is 1.65. The smallest absolute Gasteiger partial charge is 0.107 e. The molecule has 0 saturated carbocycles. The molecule has 0 radical (unpaired) electrons. The summed E-state index contributed by atoms with van der Waals surface area (Å²) >= 11 is 1.60. The molecule has 15 heavy (non-hydrogen) atoms. The van der Waals surface area contributed by atoms with Crippen LogP contribution in [-0.2, 0) is 0 Å². The molecular weight excluding hydrogens is 206 g/mol. The molecule has 0 bridgehead atoms. The Hall–Kier alpha value is -1.29. The maximum atomic E-state index is 5.90. The van der Waals surface area contributed by atoms with Crippen molar-refractivity contribution >= 4 is 32.9 Å². The largest absolute Gasteiger partial charge is 0.398 e. The van der Waals surface area contributed by atoms with Crippen molar-refractivity contribution in [1.29, 1.82) is 0 Å². The molecule has 0 spiro atoms. The van der Waals surface area contributed by atoms with Gasteiger partial charge in [0, 0.05) is 13.1 Å². The fourth-order valence-electron chi connectivity index (χ4n) is 1.78. The van der Waals surface area contributed by atoms with Crippen LogP contribution in [0.1, 0.15) is 13.8 Å². The Morgan fingerprint density at radius 1 is 1.33 bits per heavy atom. The summed E-state index contributed by atoms with van der Waals surface area (Å²) in [4.78, 5) is 6.69. The molecule has 0 atom stereocenters. The zero-order valence-corrected chi connectivity index (χ0v) is 9.84. The Morgan fingerprint density at radius 2 is 2.07 bits per heavy atom. The maximum absolute atomic E-state index is 5.90. The van der Waals surface area contributed by atoms with E-state index in [4.69, 9.17) is 5.73 Å². The number of thiazole rings is 1. The van der Waals surface area contributed by atoms with E-state index in [9.17, 15) is 0 Å². The van der Waals surface area contributed by atoms with E-state index >= 15 is 0 Å². The van der Waals surface area contributed by atoms with Crippen LogP contribution in [0.4, 0.5) is 11.4 Å². The molecule has 1 aromatic heterocycles. The van der Waals surface area contributed by atoms with Crippen molar-refractivity contribution in [1.82, 2.24) is 4.98 Å². The van der Waals surface area contributed by atoms with Crippen LogP contribution in [0.2, 0.25) is 0 Å². The first kappa shape index (κ1) is 10.2. The van der Waals surface area contributed by atoms with E-state index in [0.29, 0.717) is 0 Å². The van der Waals surface area contributed by atoms with Crippen molar-refractivity contribution in [3.63, 3.8) is 0 Å². The van der Waals surface area contributed by atoms with Gasteiger partial charge in [-0.1, -0.05) is 0 Å². The highest BCUT2D eigenvalue weighted by molar-refractivity contribution is 7.17. The van der Waals surface area contributed by atoms with Gasteiger partial charge in [0.25, 0.3) is 0 Å². The fraction of sp³-hybridized carbons (Fsp3) is 0.364. The van der Waals surface area contributed by atoms with Gasteiger partial charge in [0.15, 0.2) is 0 Å². The van der Waals surface area contributed by atoms with E-state index in [1.807, 2.05) is 11.6 Å². The Labute approximate surface area is 93.5 Å². The van der Waals surface area contributed by atoms with Crippen LogP contribution in [0.25, 0.3) is 10.2 Å². The molecule has 0 aliphatic heterocycles. The van der Waals surface area contributed by atoms with Gasteiger partial charge < -0.3 is 10.6 Å². The van der Waals surface area contributed by atoms with E-state index in [-0.39, 0.29) is 0 Å². The average Bonchev–Trinajstić information content (AvgIpc) is 2.72. The molecule has 0 aliphatic rings. The van der Waals surface area contributed by atoms with Crippen LogP contribution < -0.4 is 10.6 Å². The molecule has 0 fully saturated rings. The minimum absolute atomic E-state index is 0.823. The minimum Gasteiger partial charge on any atom is -0.398 e. The van der Waals surface area contributed by atoms with Gasteiger partial charge in [-0.15, -0.1) is 11.3 Å². The van der Waals surface area contributed by atoms with Crippen molar-refractivity contribution in [2.45, 2.75) is 13.8 Å². The summed E-state index contributed by atoms with van der Waals surface area (Å²) in [5.41, 5.74) is 10.8. The van der Waals surface area contributed by atoms with Gasteiger partial charge in [0.1, 0.15) is 5.52 Å². The number of aromatic nitrogens is 1. The number of rotatable bonds is 3. The Balaban J connectivity index is 2.61. The van der Waals surface area contributed by atoms with Crippen LogP contribution in [0.3, 0.4) is 0 Å². The maximum Gasteiger partial charge on any atom is 0.107 e. The van der Waals surface area contributed by atoms with Gasteiger partial charge in [0.05, 0.1) is 21.6 Å². The molecule has 2 N–H and O–H groups in total. The second-order valence-electron chi connectivity index (χ2n) is 3.38. The van der Waals surface area contributed by atoms with Crippen molar-refractivity contribution in [3.8, 4) is 0 Å². The number of nitrogens with two attached hydrogens (primary N) is 1. The number of nitrogens with zero attached hydrogens (tertiary/aromatic N) is 2. The zero-order valence-electron chi connectivity index (χ0n) is 9.03. The number of anilines is 2. The molecule has 0 unspecified atom stereocenters. The van der Waals surface area contributed by atoms with Crippen molar-refractivity contribution in [2.75, 3.05) is 23.7 Å². The summed E-state index contributed by atoms with van der Waals surface area (Å²) in [5.74, 6) is 0. The quantitative estimate of drug-likeness (QED) is 0.810. The van der Waals surface area contributed by atoms with E-state index in [1.165, 1.54) is 5.69 Å². The second kappa shape index (κ2) is 4.06. The highest BCUT2D eigenvalue weighted by Gasteiger charge is 2.10. The van der Waals surface area contributed by atoms with E-state index in [1.54, 1.807) is 11.3 Å². The van der Waals surface area contributed by atoms with Crippen LogP contribution in [0, 0.1) is 0 Å². The lowest BCUT2D eigenvalue weighted by Crippen LogP contribution is -2.22. The second-order valence-corrected chi connectivity index (χ2v) is 4.23. The Morgan fingerprint density at radius 3 is 2.73 bits per heavy atom. The van der Waals surface area contributed by atoms with E-state index in [0.717, 1.165) is 29.0 Å². The number of hydrogen-bond donors (Lipinski definition) is 1. The SMILES string of the molecule is CCN(CC)c1ccc(N)c2scnc12. The van der Waals surface area contributed by atoms with Gasteiger partial charge in [-0.25, -0.2) is 4.98 Å². The van der Waals surface area contributed by atoms with Gasteiger partial charge in [0.2, 0.25) is 0 Å². The molecule has 1 aromatic carbocycles. The predicted molar refractivity (Wildman–Crippen MR) is 67.6 cm³/mol. The van der Waals surface area contributed by atoms with E-state index in [2.05, 4.69) is 29.8 Å². The van der Waals surface area contributed by atoms with Gasteiger partial charge in [-0.05, 0) is 26.0 Å². The van der Waals surface area contributed by atoms with Gasteiger partial charge >= 0.3 is 0 Å². The number of hydrogen-bond acceptors (Lipinski definition) is 4. The molecule has 4 heteroatoms. The first-order valence-corrected chi connectivity index (χ1v) is 6.02. The third-order valence-corrected chi connectivity index (χ3v) is 3.47. The Kier molecular flexibility index (Phi) is 2.77. The van der Waals surface area contributed by atoms with Crippen LogP contribution in [0.5, 0.6) is 0 Å². The molecule has 0 amide bonds. The summed E-state index contributed by atoms with van der Waals surface area (Å²) < 4.78 is 1.10. The molecule has 2 aromatic rings. The standard InChI is InChI=1S/C11H15N3S/c1-3-14(4-2)9-6-5-8(12)11-10(9)13-7-15-11/h5-7H,3-4,12H2,1-2H3. The van der Waals surface area contributed by atoms with Gasteiger partial charge in [-0.3, -0.25) is 0 Å².